The van der Waals surface area contributed by atoms with Gasteiger partial charge in [-0.1, -0.05) is 0 Å². The van der Waals surface area contributed by atoms with Gasteiger partial charge in [0.2, 0.25) is 0 Å². The van der Waals surface area contributed by atoms with Crippen LogP contribution in [0.1, 0.15) is 35.1 Å². The third kappa shape index (κ3) is 2.36. The molecule has 0 radical (unpaired) electrons. The number of ether oxygens (including phenoxy) is 1. The van der Waals surface area contributed by atoms with Gasteiger partial charge in [-0.05, 0) is 62.6 Å². The number of hydrogen-bond acceptors (Lipinski definition) is 4. The van der Waals surface area contributed by atoms with Crippen LogP contribution in [-0.2, 0) is 10.3 Å². The summed E-state index contributed by atoms with van der Waals surface area (Å²) in [5.41, 5.74) is 2.88. The third-order valence-electron chi connectivity index (χ3n) is 5.05. The summed E-state index contributed by atoms with van der Waals surface area (Å²) in [5.74, 6) is 0. The van der Waals surface area contributed by atoms with E-state index in [0.717, 1.165) is 16.7 Å². The molecule has 21 heavy (non-hydrogen) atoms. The van der Waals surface area contributed by atoms with Crippen molar-refractivity contribution in [2.45, 2.75) is 44.4 Å². The molecule has 2 aliphatic heterocycles. The van der Waals surface area contributed by atoms with Crippen molar-refractivity contribution in [1.82, 2.24) is 4.90 Å². The second kappa shape index (κ2) is 5.10. The molecule has 0 spiro atoms. The number of nitriles is 1. The summed E-state index contributed by atoms with van der Waals surface area (Å²) >= 11 is 0. The van der Waals surface area contributed by atoms with Crippen molar-refractivity contribution >= 4 is 0 Å². The molecule has 0 saturated carbocycles. The second-order valence-corrected chi connectivity index (χ2v) is 6.55. The Labute approximate surface area is 125 Å². The minimum absolute atomic E-state index is 0.261. The zero-order valence-corrected chi connectivity index (χ0v) is 12.9. The number of aliphatic hydroxyl groups is 1. The molecule has 1 N–H and O–H groups in total. The molecule has 0 aliphatic carbocycles. The lowest BCUT2D eigenvalue weighted by Crippen LogP contribution is -2.59. The van der Waals surface area contributed by atoms with Gasteiger partial charge in [0.25, 0.3) is 0 Å². The molecule has 2 fully saturated rings. The molecule has 2 atom stereocenters. The Hall–Kier alpha value is -1.41. The van der Waals surface area contributed by atoms with Crippen molar-refractivity contribution in [3.05, 3.63) is 34.4 Å². The first-order valence-corrected chi connectivity index (χ1v) is 7.48. The van der Waals surface area contributed by atoms with E-state index in [4.69, 9.17) is 10.00 Å². The molecule has 2 unspecified atom stereocenters. The first kappa shape index (κ1) is 14.5. The number of likely N-dealkylation sites (N-methyl/N-ethyl adjacent to an activating group) is 1. The van der Waals surface area contributed by atoms with Gasteiger partial charge >= 0.3 is 0 Å². The number of aryl methyl sites for hydroxylation is 2. The number of morpholine rings is 1. The predicted molar refractivity (Wildman–Crippen MR) is 79.9 cm³/mol. The Kier molecular flexibility index (Phi) is 3.53. The van der Waals surface area contributed by atoms with Gasteiger partial charge in [0.15, 0.2) is 0 Å². The normalized spacial score (nSPS) is 32.7. The number of fused-ring (bicyclic) bond motifs is 2. The summed E-state index contributed by atoms with van der Waals surface area (Å²) in [4.78, 5) is 2.34. The van der Waals surface area contributed by atoms with Gasteiger partial charge < -0.3 is 9.84 Å². The smallest absolute Gasteiger partial charge is 0.0991 e. The summed E-state index contributed by atoms with van der Waals surface area (Å²) in [6.45, 7) is 5.35. The lowest BCUT2D eigenvalue weighted by atomic mass is 9.74. The van der Waals surface area contributed by atoms with Gasteiger partial charge in [0, 0.05) is 12.1 Å². The highest BCUT2D eigenvalue weighted by Gasteiger charge is 2.46. The van der Waals surface area contributed by atoms with E-state index >= 15 is 0 Å². The zero-order chi connectivity index (χ0) is 15.2. The quantitative estimate of drug-likeness (QED) is 0.856. The Balaban J connectivity index is 2.02. The maximum Gasteiger partial charge on any atom is 0.0991 e. The highest BCUT2D eigenvalue weighted by Crippen LogP contribution is 2.42. The van der Waals surface area contributed by atoms with E-state index in [1.54, 1.807) is 0 Å². The maximum absolute atomic E-state index is 11.3. The summed E-state index contributed by atoms with van der Waals surface area (Å²) in [7, 11) is 2.12. The maximum atomic E-state index is 11.3. The second-order valence-electron chi connectivity index (χ2n) is 6.55. The van der Waals surface area contributed by atoms with Crippen molar-refractivity contribution < 1.29 is 9.84 Å². The van der Waals surface area contributed by atoms with E-state index in [-0.39, 0.29) is 12.1 Å². The molecule has 0 amide bonds. The molecule has 0 aromatic heterocycles. The third-order valence-corrected chi connectivity index (χ3v) is 5.05. The van der Waals surface area contributed by atoms with Crippen molar-refractivity contribution in [1.29, 1.82) is 5.26 Å². The van der Waals surface area contributed by atoms with Crippen LogP contribution in [-0.4, -0.2) is 42.4 Å². The number of nitrogens with zero attached hydrogens (tertiary/aromatic N) is 2. The van der Waals surface area contributed by atoms with E-state index in [1.807, 2.05) is 26.0 Å². The van der Waals surface area contributed by atoms with Crippen LogP contribution < -0.4 is 0 Å². The molecule has 4 nitrogen and oxygen atoms in total. The fourth-order valence-corrected chi connectivity index (χ4v) is 4.11. The van der Waals surface area contributed by atoms with E-state index in [9.17, 15) is 5.11 Å². The van der Waals surface area contributed by atoms with Crippen LogP contribution in [0.2, 0.25) is 0 Å². The Morgan fingerprint density at radius 3 is 2.24 bits per heavy atom. The average Bonchev–Trinajstić information content (AvgIpc) is 2.40. The lowest BCUT2D eigenvalue weighted by Gasteiger charge is -2.51. The molecule has 2 bridgehead atoms. The van der Waals surface area contributed by atoms with Crippen LogP contribution in [0.5, 0.6) is 0 Å². The molecule has 4 heteroatoms. The van der Waals surface area contributed by atoms with E-state index in [0.29, 0.717) is 31.6 Å². The average molecular weight is 286 g/mol. The van der Waals surface area contributed by atoms with Gasteiger partial charge in [-0.15, -0.1) is 0 Å². The van der Waals surface area contributed by atoms with Crippen LogP contribution in [0.15, 0.2) is 12.1 Å². The Bertz CT molecular complexity index is 568. The van der Waals surface area contributed by atoms with Crippen molar-refractivity contribution in [3.63, 3.8) is 0 Å². The van der Waals surface area contributed by atoms with Gasteiger partial charge in [0.05, 0.1) is 30.4 Å². The molecule has 3 rings (SSSR count). The number of piperidine rings is 1. The topological polar surface area (TPSA) is 56.5 Å². The largest absolute Gasteiger partial charge is 0.385 e. The molecule has 2 aliphatic rings. The fraction of sp³-hybridized carbons (Fsp3) is 0.588. The minimum atomic E-state index is -0.812. The van der Waals surface area contributed by atoms with Crippen molar-refractivity contribution in [2.75, 3.05) is 20.3 Å². The van der Waals surface area contributed by atoms with Crippen molar-refractivity contribution in [2.24, 2.45) is 0 Å². The van der Waals surface area contributed by atoms with Gasteiger partial charge in [0.1, 0.15) is 0 Å². The van der Waals surface area contributed by atoms with E-state index in [2.05, 4.69) is 18.0 Å². The molecule has 2 saturated heterocycles. The summed E-state index contributed by atoms with van der Waals surface area (Å²) in [6.07, 6.45) is 1.38. The SMILES string of the molecule is Cc1cc(C#N)cc(C)c1C1(O)CC2COCC(C1)N2C. The molecule has 112 valence electrons. The van der Waals surface area contributed by atoms with Crippen LogP contribution in [0.4, 0.5) is 0 Å². The van der Waals surface area contributed by atoms with Crippen molar-refractivity contribution in [3.8, 4) is 6.07 Å². The Morgan fingerprint density at radius 2 is 1.76 bits per heavy atom. The number of hydrogen-bond donors (Lipinski definition) is 1. The first-order valence-electron chi connectivity index (χ1n) is 7.48. The standard InChI is InChI=1S/C17H22N2O2/c1-11-4-13(8-18)5-12(2)16(11)17(20)6-14-9-21-10-15(7-17)19(14)3/h4-5,14-15,20H,6-7,9-10H2,1-3H3. The van der Waals surface area contributed by atoms with E-state index in [1.165, 1.54) is 0 Å². The number of benzene rings is 1. The Morgan fingerprint density at radius 1 is 1.24 bits per heavy atom. The van der Waals surface area contributed by atoms with Crippen LogP contribution in [0.25, 0.3) is 0 Å². The first-order chi connectivity index (χ1) is 9.94. The lowest BCUT2D eigenvalue weighted by molar-refractivity contribution is -0.138. The molecule has 2 heterocycles. The molecule has 1 aromatic carbocycles. The van der Waals surface area contributed by atoms with Crippen LogP contribution >= 0.6 is 0 Å². The zero-order valence-electron chi connectivity index (χ0n) is 12.9. The number of rotatable bonds is 1. The predicted octanol–water partition coefficient (Wildman–Crippen LogP) is 1.86. The highest BCUT2D eigenvalue weighted by atomic mass is 16.5. The molecular weight excluding hydrogens is 264 g/mol. The van der Waals surface area contributed by atoms with Gasteiger partial charge in [-0.3, -0.25) is 4.90 Å². The summed E-state index contributed by atoms with van der Waals surface area (Å²) in [6, 6.07) is 6.47. The van der Waals surface area contributed by atoms with Gasteiger partial charge in [-0.25, -0.2) is 0 Å². The molecular formula is C17H22N2O2. The monoisotopic (exact) mass is 286 g/mol. The van der Waals surface area contributed by atoms with Crippen LogP contribution in [0, 0.1) is 25.2 Å². The molecule has 1 aromatic rings. The van der Waals surface area contributed by atoms with Crippen LogP contribution in [0.3, 0.4) is 0 Å². The highest BCUT2D eigenvalue weighted by molar-refractivity contribution is 5.46. The summed E-state index contributed by atoms with van der Waals surface area (Å²) < 4.78 is 5.64. The van der Waals surface area contributed by atoms with Gasteiger partial charge in [-0.2, -0.15) is 5.26 Å². The minimum Gasteiger partial charge on any atom is -0.385 e. The van der Waals surface area contributed by atoms with E-state index < -0.39 is 5.60 Å². The fourth-order valence-electron chi connectivity index (χ4n) is 4.11. The summed E-state index contributed by atoms with van der Waals surface area (Å²) in [5, 5.41) is 20.4.